The van der Waals surface area contributed by atoms with Gasteiger partial charge in [0, 0.05) is 18.8 Å². The Balaban J connectivity index is 2.38. The molecule has 78 valence electrons. The third-order valence-electron chi connectivity index (χ3n) is 2.03. The lowest BCUT2D eigenvalue weighted by Crippen LogP contribution is -2.01. The van der Waals surface area contributed by atoms with Crippen LogP contribution in [0.1, 0.15) is 12.1 Å². The van der Waals surface area contributed by atoms with Crippen molar-refractivity contribution in [2.24, 2.45) is 0 Å². The van der Waals surface area contributed by atoms with Crippen LogP contribution in [0.5, 0.6) is 0 Å². The summed E-state index contributed by atoms with van der Waals surface area (Å²) in [6.07, 6.45) is 5.54. The van der Waals surface area contributed by atoms with Gasteiger partial charge in [0.05, 0.1) is 18.3 Å². The van der Waals surface area contributed by atoms with E-state index in [-0.39, 0.29) is 6.42 Å². The van der Waals surface area contributed by atoms with E-state index in [1.807, 2.05) is 4.40 Å². The van der Waals surface area contributed by atoms with Gasteiger partial charge < -0.3 is 5.11 Å². The van der Waals surface area contributed by atoms with Crippen molar-refractivity contribution in [3.05, 3.63) is 28.9 Å². The van der Waals surface area contributed by atoms with Crippen LogP contribution in [0.25, 0.3) is 5.65 Å². The van der Waals surface area contributed by atoms with E-state index in [2.05, 4.69) is 25.9 Å². The van der Waals surface area contributed by atoms with Crippen molar-refractivity contribution in [3.63, 3.8) is 0 Å². The number of aromatic nitrogens is 3. The smallest absolute Gasteiger partial charge is 0.303 e. The largest absolute Gasteiger partial charge is 0.481 e. The first kappa shape index (κ1) is 10.1. The van der Waals surface area contributed by atoms with Gasteiger partial charge in [0.15, 0.2) is 5.65 Å². The van der Waals surface area contributed by atoms with Crippen molar-refractivity contribution in [2.75, 3.05) is 0 Å². The Bertz CT molecular complexity index is 509. The van der Waals surface area contributed by atoms with Gasteiger partial charge in [-0.05, 0) is 15.9 Å². The molecular weight excluding hydrogens is 262 g/mol. The molecule has 2 aromatic heterocycles. The van der Waals surface area contributed by atoms with Crippen molar-refractivity contribution in [1.82, 2.24) is 14.4 Å². The average Bonchev–Trinajstić information content (AvgIpc) is 2.58. The highest BCUT2D eigenvalue weighted by Crippen LogP contribution is 2.15. The number of halogens is 1. The van der Waals surface area contributed by atoms with Crippen LogP contribution in [-0.4, -0.2) is 25.4 Å². The fourth-order valence-electron chi connectivity index (χ4n) is 1.34. The Labute approximate surface area is 93.9 Å². The molecule has 0 fully saturated rings. The molecule has 0 radical (unpaired) electrons. The first-order valence-electron chi connectivity index (χ1n) is 4.36. The highest BCUT2D eigenvalue weighted by Gasteiger charge is 2.08. The molecule has 0 aliphatic rings. The van der Waals surface area contributed by atoms with Crippen LogP contribution >= 0.6 is 15.9 Å². The second-order valence-electron chi connectivity index (χ2n) is 3.04. The molecule has 0 saturated carbocycles. The van der Waals surface area contributed by atoms with Gasteiger partial charge in [-0.3, -0.25) is 14.2 Å². The summed E-state index contributed by atoms with van der Waals surface area (Å²) < 4.78 is 2.65. The Morgan fingerprint density at radius 1 is 1.53 bits per heavy atom. The topological polar surface area (TPSA) is 67.5 Å². The predicted molar refractivity (Wildman–Crippen MR) is 56.6 cm³/mol. The zero-order chi connectivity index (χ0) is 10.8. The van der Waals surface area contributed by atoms with Gasteiger partial charge in [0.25, 0.3) is 0 Å². The van der Waals surface area contributed by atoms with Gasteiger partial charge in [-0.15, -0.1) is 0 Å². The third-order valence-corrected chi connectivity index (χ3v) is 2.62. The number of aliphatic carboxylic acids is 1. The lowest BCUT2D eigenvalue weighted by molar-refractivity contribution is -0.136. The SMILES string of the molecule is O=C(O)CCc1nccn2c(Br)cnc12. The first-order valence-corrected chi connectivity index (χ1v) is 5.16. The molecule has 0 spiro atoms. The summed E-state index contributed by atoms with van der Waals surface area (Å²) in [4.78, 5) is 18.7. The lowest BCUT2D eigenvalue weighted by atomic mass is 10.2. The van der Waals surface area contributed by atoms with E-state index in [1.54, 1.807) is 18.6 Å². The van der Waals surface area contributed by atoms with Gasteiger partial charge in [0.1, 0.15) is 4.60 Å². The molecule has 0 atom stereocenters. The summed E-state index contributed by atoms with van der Waals surface area (Å²) in [6, 6.07) is 0. The minimum atomic E-state index is -0.829. The molecule has 1 N–H and O–H groups in total. The van der Waals surface area contributed by atoms with Crippen LogP contribution in [-0.2, 0) is 11.2 Å². The maximum absolute atomic E-state index is 10.4. The van der Waals surface area contributed by atoms with E-state index in [1.165, 1.54) is 0 Å². The molecule has 0 saturated heterocycles. The molecule has 6 heteroatoms. The number of aryl methyl sites for hydroxylation is 1. The predicted octanol–water partition coefficient (Wildman–Crippen LogP) is 1.51. The summed E-state index contributed by atoms with van der Waals surface area (Å²) in [5, 5.41) is 8.59. The number of carboxylic acids is 1. The molecule has 0 aromatic carbocycles. The molecule has 15 heavy (non-hydrogen) atoms. The van der Waals surface area contributed by atoms with Crippen LogP contribution in [0.2, 0.25) is 0 Å². The Hall–Kier alpha value is -1.43. The minimum absolute atomic E-state index is 0.0666. The van der Waals surface area contributed by atoms with E-state index in [4.69, 9.17) is 5.11 Å². The normalized spacial score (nSPS) is 10.7. The molecule has 2 heterocycles. The number of carbonyl (C=O) groups is 1. The maximum atomic E-state index is 10.4. The first-order chi connectivity index (χ1) is 7.18. The number of carboxylic acid groups (broad SMARTS) is 1. The lowest BCUT2D eigenvalue weighted by Gasteiger charge is -2.00. The summed E-state index contributed by atoms with van der Waals surface area (Å²) in [6.45, 7) is 0. The molecular formula is C9H8BrN3O2. The monoisotopic (exact) mass is 269 g/mol. The van der Waals surface area contributed by atoms with Gasteiger partial charge in [0.2, 0.25) is 0 Å². The van der Waals surface area contributed by atoms with Crippen molar-refractivity contribution >= 4 is 27.5 Å². The van der Waals surface area contributed by atoms with Gasteiger partial charge in [-0.1, -0.05) is 0 Å². The second kappa shape index (κ2) is 3.98. The summed E-state index contributed by atoms with van der Waals surface area (Å²) in [5.74, 6) is -0.829. The van der Waals surface area contributed by atoms with Crippen LogP contribution < -0.4 is 0 Å². The quantitative estimate of drug-likeness (QED) is 0.917. The fourth-order valence-corrected chi connectivity index (χ4v) is 1.73. The van der Waals surface area contributed by atoms with Crippen LogP contribution in [0, 0.1) is 0 Å². The molecule has 0 aliphatic heterocycles. The number of rotatable bonds is 3. The van der Waals surface area contributed by atoms with Crippen molar-refractivity contribution in [2.45, 2.75) is 12.8 Å². The van der Waals surface area contributed by atoms with Gasteiger partial charge in [-0.25, -0.2) is 4.98 Å². The summed E-state index contributed by atoms with van der Waals surface area (Å²) in [7, 11) is 0. The highest BCUT2D eigenvalue weighted by molar-refractivity contribution is 9.10. The number of hydrogen-bond donors (Lipinski definition) is 1. The minimum Gasteiger partial charge on any atom is -0.481 e. The molecule has 0 amide bonds. The number of imidazole rings is 1. The molecule has 2 aromatic rings. The maximum Gasteiger partial charge on any atom is 0.303 e. The zero-order valence-corrected chi connectivity index (χ0v) is 9.31. The van der Waals surface area contributed by atoms with E-state index in [0.717, 1.165) is 4.60 Å². The van der Waals surface area contributed by atoms with Gasteiger partial charge in [-0.2, -0.15) is 0 Å². The Morgan fingerprint density at radius 3 is 3.07 bits per heavy atom. The van der Waals surface area contributed by atoms with E-state index in [0.29, 0.717) is 17.8 Å². The summed E-state index contributed by atoms with van der Waals surface area (Å²) in [5.41, 5.74) is 1.40. The van der Waals surface area contributed by atoms with E-state index < -0.39 is 5.97 Å². The molecule has 2 rings (SSSR count). The van der Waals surface area contributed by atoms with Crippen molar-refractivity contribution in [1.29, 1.82) is 0 Å². The fraction of sp³-hybridized carbons (Fsp3) is 0.222. The third kappa shape index (κ3) is 1.99. The van der Waals surface area contributed by atoms with Crippen LogP contribution in [0.4, 0.5) is 0 Å². The van der Waals surface area contributed by atoms with Crippen molar-refractivity contribution < 1.29 is 9.90 Å². The molecule has 0 bridgehead atoms. The van der Waals surface area contributed by atoms with Crippen molar-refractivity contribution in [3.8, 4) is 0 Å². The standard InChI is InChI=1S/C9H8BrN3O2/c10-7-5-12-9-6(1-2-8(14)15)11-3-4-13(7)9/h3-5H,1-2H2,(H,14,15). The second-order valence-corrected chi connectivity index (χ2v) is 3.85. The van der Waals surface area contributed by atoms with Crippen LogP contribution in [0.3, 0.4) is 0 Å². The Morgan fingerprint density at radius 2 is 2.33 bits per heavy atom. The molecule has 5 nitrogen and oxygen atoms in total. The number of nitrogens with zero attached hydrogens (tertiary/aromatic N) is 3. The number of fused-ring (bicyclic) bond motifs is 1. The molecule has 0 unspecified atom stereocenters. The van der Waals surface area contributed by atoms with Gasteiger partial charge >= 0.3 is 5.97 Å². The zero-order valence-electron chi connectivity index (χ0n) is 7.72. The number of hydrogen-bond acceptors (Lipinski definition) is 3. The molecule has 0 aliphatic carbocycles. The summed E-state index contributed by atoms with van der Waals surface area (Å²) >= 11 is 3.34. The van der Waals surface area contributed by atoms with E-state index >= 15 is 0 Å². The van der Waals surface area contributed by atoms with Crippen LogP contribution in [0.15, 0.2) is 23.2 Å². The Kier molecular flexibility index (Phi) is 2.68. The average molecular weight is 270 g/mol. The van der Waals surface area contributed by atoms with E-state index in [9.17, 15) is 4.79 Å². The highest BCUT2D eigenvalue weighted by atomic mass is 79.9.